The van der Waals surface area contributed by atoms with Gasteiger partial charge in [-0.2, -0.15) is 10.2 Å². The van der Waals surface area contributed by atoms with E-state index in [1.54, 1.807) is 11.0 Å². The molecule has 0 saturated carbocycles. The Morgan fingerprint density at radius 2 is 2.15 bits per heavy atom. The molecule has 0 unspecified atom stereocenters. The Balaban J connectivity index is 1.43. The highest BCUT2D eigenvalue weighted by Crippen LogP contribution is 2.11. The Kier molecular flexibility index (Phi) is 5.57. The van der Waals surface area contributed by atoms with Crippen LogP contribution in [0.1, 0.15) is 23.6 Å². The lowest BCUT2D eigenvalue weighted by Gasteiger charge is -2.09. The minimum absolute atomic E-state index is 0.227. The quantitative estimate of drug-likeness (QED) is 0.629. The van der Waals surface area contributed by atoms with Crippen LogP contribution in [0.3, 0.4) is 0 Å². The standard InChI is InChI=1S/C17H22N8O/c1-13-21-14(2)25(23-13)8-4-7-19-17(26)22-16-6-3-5-15(9-16)10-24-12-18-11-20-24/h3,5-6,9,11-12H,4,7-8,10H2,1-2H3,(H2,19,22,26). The second-order valence-corrected chi connectivity index (χ2v) is 5.96. The van der Waals surface area contributed by atoms with Gasteiger partial charge in [-0.1, -0.05) is 12.1 Å². The minimum Gasteiger partial charge on any atom is -0.338 e. The summed E-state index contributed by atoms with van der Waals surface area (Å²) in [6, 6.07) is 7.43. The van der Waals surface area contributed by atoms with Gasteiger partial charge in [-0.3, -0.25) is 4.68 Å². The molecule has 2 amide bonds. The van der Waals surface area contributed by atoms with Crippen LogP contribution in [0, 0.1) is 13.8 Å². The van der Waals surface area contributed by atoms with Crippen LogP contribution < -0.4 is 10.6 Å². The van der Waals surface area contributed by atoms with Crippen LogP contribution in [-0.4, -0.2) is 42.1 Å². The zero-order valence-corrected chi connectivity index (χ0v) is 14.9. The van der Waals surface area contributed by atoms with Crippen LogP contribution in [0.5, 0.6) is 0 Å². The highest BCUT2D eigenvalue weighted by atomic mass is 16.2. The van der Waals surface area contributed by atoms with Crippen molar-refractivity contribution in [3.63, 3.8) is 0 Å². The smallest absolute Gasteiger partial charge is 0.319 e. The third kappa shape index (κ3) is 4.88. The number of carbonyl (C=O) groups excluding carboxylic acids is 1. The van der Waals surface area contributed by atoms with Gasteiger partial charge in [-0.25, -0.2) is 19.4 Å². The molecule has 3 aromatic rings. The molecule has 0 aliphatic rings. The van der Waals surface area contributed by atoms with Gasteiger partial charge in [0.15, 0.2) is 0 Å². The number of urea groups is 1. The molecule has 0 bridgehead atoms. The molecular formula is C17H22N8O. The molecule has 2 heterocycles. The molecule has 136 valence electrons. The van der Waals surface area contributed by atoms with Gasteiger partial charge < -0.3 is 10.6 Å². The first kappa shape index (κ1) is 17.6. The lowest BCUT2D eigenvalue weighted by molar-refractivity contribution is 0.251. The summed E-state index contributed by atoms with van der Waals surface area (Å²) in [5, 5.41) is 14.1. The monoisotopic (exact) mass is 354 g/mol. The van der Waals surface area contributed by atoms with Crippen molar-refractivity contribution in [1.82, 2.24) is 34.8 Å². The molecule has 0 aliphatic carbocycles. The second-order valence-electron chi connectivity index (χ2n) is 5.96. The summed E-state index contributed by atoms with van der Waals surface area (Å²) in [7, 11) is 0. The highest BCUT2D eigenvalue weighted by molar-refractivity contribution is 5.89. The molecule has 1 aromatic carbocycles. The number of nitrogens with one attached hydrogen (secondary N) is 2. The summed E-state index contributed by atoms with van der Waals surface area (Å²) in [6.45, 7) is 5.68. The van der Waals surface area contributed by atoms with E-state index in [9.17, 15) is 4.79 Å². The summed E-state index contributed by atoms with van der Waals surface area (Å²) in [4.78, 5) is 20.2. The lowest BCUT2D eigenvalue weighted by Crippen LogP contribution is -2.30. The van der Waals surface area contributed by atoms with Gasteiger partial charge in [0.1, 0.15) is 24.3 Å². The second kappa shape index (κ2) is 8.24. The number of rotatable bonds is 7. The Morgan fingerprint density at radius 3 is 2.88 bits per heavy atom. The predicted octanol–water partition coefficient (Wildman–Crippen LogP) is 1.75. The molecule has 0 spiro atoms. The summed E-state index contributed by atoms with van der Waals surface area (Å²) in [5.41, 5.74) is 1.77. The molecule has 9 heteroatoms. The van der Waals surface area contributed by atoms with Gasteiger partial charge >= 0.3 is 6.03 Å². The van der Waals surface area contributed by atoms with Crippen molar-refractivity contribution < 1.29 is 4.79 Å². The molecule has 0 atom stereocenters. The zero-order valence-electron chi connectivity index (χ0n) is 14.9. The van der Waals surface area contributed by atoms with Crippen LogP contribution in [-0.2, 0) is 13.1 Å². The normalized spacial score (nSPS) is 10.7. The largest absolute Gasteiger partial charge is 0.338 e. The van der Waals surface area contributed by atoms with E-state index in [2.05, 4.69) is 30.8 Å². The van der Waals surface area contributed by atoms with Crippen LogP contribution in [0.15, 0.2) is 36.9 Å². The van der Waals surface area contributed by atoms with Gasteiger partial charge in [0.05, 0.1) is 6.54 Å². The van der Waals surface area contributed by atoms with Crippen molar-refractivity contribution in [3.05, 3.63) is 54.1 Å². The molecule has 9 nitrogen and oxygen atoms in total. The van der Waals surface area contributed by atoms with Crippen molar-refractivity contribution in [2.24, 2.45) is 0 Å². The maximum atomic E-state index is 12.0. The zero-order chi connectivity index (χ0) is 18.4. The van der Waals surface area contributed by atoms with Crippen molar-refractivity contribution in [2.45, 2.75) is 33.4 Å². The molecular weight excluding hydrogens is 332 g/mol. The van der Waals surface area contributed by atoms with Crippen LogP contribution >= 0.6 is 0 Å². The molecule has 0 radical (unpaired) electrons. The Labute approximate surface area is 151 Å². The summed E-state index contributed by atoms with van der Waals surface area (Å²) >= 11 is 0. The molecule has 3 rings (SSSR count). The van der Waals surface area contributed by atoms with Gasteiger partial charge in [-0.05, 0) is 38.0 Å². The van der Waals surface area contributed by atoms with E-state index in [0.29, 0.717) is 13.1 Å². The molecule has 2 N–H and O–H groups in total. The van der Waals surface area contributed by atoms with Gasteiger partial charge in [0.2, 0.25) is 0 Å². The number of benzene rings is 1. The molecule has 0 fully saturated rings. The van der Waals surface area contributed by atoms with Crippen molar-refractivity contribution in [3.8, 4) is 0 Å². The molecule has 0 saturated heterocycles. The van der Waals surface area contributed by atoms with E-state index in [1.165, 1.54) is 6.33 Å². The van der Waals surface area contributed by atoms with E-state index in [-0.39, 0.29) is 6.03 Å². The Morgan fingerprint density at radius 1 is 1.27 bits per heavy atom. The maximum Gasteiger partial charge on any atom is 0.319 e. The number of hydrogen-bond acceptors (Lipinski definition) is 5. The summed E-state index contributed by atoms with van der Waals surface area (Å²) in [6.07, 6.45) is 3.94. The van der Waals surface area contributed by atoms with Crippen molar-refractivity contribution >= 4 is 11.7 Å². The average Bonchev–Trinajstić information content (AvgIpc) is 3.21. The van der Waals surface area contributed by atoms with Gasteiger partial charge in [0.25, 0.3) is 0 Å². The topological polar surface area (TPSA) is 103 Å². The Bertz CT molecular complexity index is 856. The van der Waals surface area contributed by atoms with Crippen LogP contribution in [0.25, 0.3) is 0 Å². The molecule has 2 aromatic heterocycles. The van der Waals surface area contributed by atoms with Crippen LogP contribution in [0.4, 0.5) is 10.5 Å². The number of aryl methyl sites for hydroxylation is 3. The fraction of sp³-hybridized carbons (Fsp3) is 0.353. The van der Waals surface area contributed by atoms with E-state index in [1.807, 2.05) is 42.8 Å². The number of amides is 2. The van der Waals surface area contributed by atoms with E-state index < -0.39 is 0 Å². The van der Waals surface area contributed by atoms with E-state index in [0.717, 1.165) is 35.9 Å². The highest BCUT2D eigenvalue weighted by Gasteiger charge is 2.05. The number of hydrogen-bond donors (Lipinski definition) is 2. The minimum atomic E-state index is -0.227. The SMILES string of the molecule is Cc1nc(C)n(CCCNC(=O)Nc2cccc(Cn3cncn3)c2)n1. The Hall–Kier alpha value is -3.23. The van der Waals surface area contributed by atoms with Crippen molar-refractivity contribution in [1.29, 1.82) is 0 Å². The number of nitrogens with zero attached hydrogens (tertiary/aromatic N) is 6. The lowest BCUT2D eigenvalue weighted by atomic mass is 10.2. The van der Waals surface area contributed by atoms with Gasteiger partial charge in [-0.15, -0.1) is 0 Å². The number of anilines is 1. The number of aromatic nitrogens is 6. The van der Waals surface area contributed by atoms with E-state index >= 15 is 0 Å². The third-order valence-corrected chi connectivity index (χ3v) is 3.79. The fourth-order valence-corrected chi connectivity index (χ4v) is 2.63. The fourth-order valence-electron chi connectivity index (χ4n) is 2.63. The summed E-state index contributed by atoms with van der Waals surface area (Å²) < 4.78 is 3.58. The first-order chi connectivity index (χ1) is 12.6. The van der Waals surface area contributed by atoms with Gasteiger partial charge in [0, 0.05) is 18.8 Å². The maximum absolute atomic E-state index is 12.0. The molecule has 26 heavy (non-hydrogen) atoms. The predicted molar refractivity (Wildman–Crippen MR) is 96.7 cm³/mol. The van der Waals surface area contributed by atoms with Crippen LogP contribution in [0.2, 0.25) is 0 Å². The summed E-state index contributed by atoms with van der Waals surface area (Å²) in [5.74, 6) is 1.65. The average molecular weight is 354 g/mol. The van der Waals surface area contributed by atoms with E-state index in [4.69, 9.17) is 0 Å². The number of carbonyl (C=O) groups is 1. The first-order valence-corrected chi connectivity index (χ1v) is 8.44. The van der Waals surface area contributed by atoms with Crippen molar-refractivity contribution in [2.75, 3.05) is 11.9 Å². The third-order valence-electron chi connectivity index (χ3n) is 3.79. The first-order valence-electron chi connectivity index (χ1n) is 8.44. The molecule has 0 aliphatic heterocycles.